The van der Waals surface area contributed by atoms with Gasteiger partial charge in [0.2, 0.25) is 0 Å². The standard InChI is InChI=1S/C23H26N6O3/c1-13-3-6-20(14-4-5-18-15(7-14)10-28(2)27-18)29(9-13)23(31)22(30)26-19-8-25-21(24)17-12-32-11-16(17)19/h4-5,7-8,10,13,20H,3,6,9,11-12H2,1-2H3,(H2,24,25)(H,26,30). The molecule has 32 heavy (non-hydrogen) atoms. The molecule has 9 nitrogen and oxygen atoms in total. The second-order valence-corrected chi connectivity index (χ2v) is 8.74. The Morgan fingerprint density at radius 1 is 1.22 bits per heavy atom. The molecule has 0 aliphatic carbocycles. The Morgan fingerprint density at radius 3 is 2.88 bits per heavy atom. The molecule has 2 aromatic heterocycles. The maximum atomic E-state index is 13.3. The smallest absolute Gasteiger partial charge is 0.313 e. The van der Waals surface area contributed by atoms with Crippen molar-refractivity contribution in [2.45, 2.75) is 39.0 Å². The number of anilines is 2. The van der Waals surface area contributed by atoms with Crippen LogP contribution >= 0.6 is 0 Å². The van der Waals surface area contributed by atoms with E-state index >= 15 is 0 Å². The van der Waals surface area contributed by atoms with Gasteiger partial charge in [0.05, 0.1) is 36.7 Å². The molecule has 166 valence electrons. The molecule has 1 saturated heterocycles. The van der Waals surface area contributed by atoms with Gasteiger partial charge in [0, 0.05) is 36.3 Å². The van der Waals surface area contributed by atoms with Crippen molar-refractivity contribution in [2.75, 3.05) is 17.6 Å². The number of ether oxygens (including phenoxy) is 1. The number of amides is 2. The Labute approximate surface area is 185 Å². The summed E-state index contributed by atoms with van der Waals surface area (Å²) >= 11 is 0. The number of carbonyl (C=O) groups excluding carboxylic acids is 2. The summed E-state index contributed by atoms with van der Waals surface area (Å²) in [5, 5.41) is 8.18. The first kappa shape index (κ1) is 20.4. The average Bonchev–Trinajstić information content (AvgIpc) is 3.41. The first-order valence-corrected chi connectivity index (χ1v) is 10.8. The third-order valence-electron chi connectivity index (χ3n) is 6.37. The van der Waals surface area contributed by atoms with Crippen LogP contribution in [0, 0.1) is 5.92 Å². The van der Waals surface area contributed by atoms with E-state index in [9.17, 15) is 9.59 Å². The number of aromatic nitrogens is 3. The number of aryl methyl sites for hydroxylation is 1. The number of nitrogens with zero attached hydrogens (tertiary/aromatic N) is 4. The normalized spacial score (nSPS) is 20.4. The van der Waals surface area contributed by atoms with E-state index in [0.29, 0.717) is 37.2 Å². The van der Waals surface area contributed by atoms with Gasteiger partial charge in [-0.05, 0) is 36.5 Å². The van der Waals surface area contributed by atoms with E-state index in [0.717, 1.165) is 40.4 Å². The number of likely N-dealkylation sites (tertiary alicyclic amines) is 1. The molecule has 2 aliphatic rings. The van der Waals surface area contributed by atoms with Crippen LogP contribution < -0.4 is 11.1 Å². The Balaban J connectivity index is 1.41. The van der Waals surface area contributed by atoms with E-state index in [1.807, 2.05) is 25.4 Å². The Bertz CT molecular complexity index is 1220. The highest BCUT2D eigenvalue weighted by Crippen LogP contribution is 2.35. The van der Waals surface area contributed by atoms with Crippen molar-refractivity contribution in [3.63, 3.8) is 0 Å². The molecule has 2 unspecified atom stereocenters. The van der Waals surface area contributed by atoms with Crippen molar-refractivity contribution < 1.29 is 14.3 Å². The van der Waals surface area contributed by atoms with Crippen LogP contribution in [0.1, 0.15) is 42.5 Å². The molecular weight excluding hydrogens is 408 g/mol. The minimum absolute atomic E-state index is 0.160. The average molecular weight is 435 g/mol. The first-order valence-electron chi connectivity index (χ1n) is 10.8. The zero-order valence-corrected chi connectivity index (χ0v) is 18.2. The highest BCUT2D eigenvalue weighted by Gasteiger charge is 2.35. The number of benzene rings is 1. The van der Waals surface area contributed by atoms with Gasteiger partial charge >= 0.3 is 11.8 Å². The third kappa shape index (κ3) is 3.58. The summed E-state index contributed by atoms with van der Waals surface area (Å²) in [7, 11) is 1.88. The number of nitrogen functional groups attached to an aromatic ring is 1. The number of rotatable bonds is 2. The number of hydrogen-bond donors (Lipinski definition) is 2. The molecular formula is C23H26N6O3. The highest BCUT2D eigenvalue weighted by molar-refractivity contribution is 6.39. The maximum absolute atomic E-state index is 13.3. The molecule has 5 rings (SSSR count). The maximum Gasteiger partial charge on any atom is 0.313 e. The summed E-state index contributed by atoms with van der Waals surface area (Å²) in [4.78, 5) is 32.1. The summed E-state index contributed by atoms with van der Waals surface area (Å²) < 4.78 is 7.22. The van der Waals surface area contributed by atoms with Crippen molar-refractivity contribution >= 4 is 34.2 Å². The van der Waals surface area contributed by atoms with Crippen LogP contribution in [-0.2, 0) is 34.6 Å². The Morgan fingerprint density at radius 2 is 2.03 bits per heavy atom. The number of nitrogens with two attached hydrogens (primary N) is 1. The van der Waals surface area contributed by atoms with E-state index in [-0.39, 0.29) is 6.04 Å². The minimum Gasteiger partial charge on any atom is -0.383 e. The fourth-order valence-electron chi connectivity index (χ4n) is 4.70. The van der Waals surface area contributed by atoms with E-state index < -0.39 is 11.8 Å². The molecule has 1 fully saturated rings. The summed E-state index contributed by atoms with van der Waals surface area (Å²) in [6, 6.07) is 5.87. The lowest BCUT2D eigenvalue weighted by Gasteiger charge is -2.38. The molecule has 0 radical (unpaired) electrons. The number of nitrogens with one attached hydrogen (secondary N) is 1. The quantitative estimate of drug-likeness (QED) is 0.599. The molecule has 0 saturated carbocycles. The topological polar surface area (TPSA) is 115 Å². The van der Waals surface area contributed by atoms with Gasteiger partial charge in [-0.15, -0.1) is 0 Å². The Kier molecular flexibility index (Phi) is 5.05. The van der Waals surface area contributed by atoms with Crippen LogP contribution in [0.3, 0.4) is 0 Å². The van der Waals surface area contributed by atoms with Crippen LogP contribution in [0.4, 0.5) is 11.5 Å². The summed E-state index contributed by atoms with van der Waals surface area (Å²) in [6.07, 6.45) is 5.24. The summed E-state index contributed by atoms with van der Waals surface area (Å²) in [5.74, 6) is -0.511. The van der Waals surface area contributed by atoms with Crippen molar-refractivity contribution in [3.8, 4) is 0 Å². The monoisotopic (exact) mass is 434 g/mol. The van der Waals surface area contributed by atoms with Crippen LogP contribution in [0.25, 0.3) is 10.9 Å². The number of pyridine rings is 1. The van der Waals surface area contributed by atoms with Crippen molar-refractivity contribution in [1.29, 1.82) is 0 Å². The summed E-state index contributed by atoms with van der Waals surface area (Å²) in [6.45, 7) is 3.32. The zero-order chi connectivity index (χ0) is 22.4. The molecule has 1 aromatic carbocycles. The van der Waals surface area contributed by atoms with E-state index in [2.05, 4.69) is 28.4 Å². The number of hydrogen-bond acceptors (Lipinski definition) is 6. The van der Waals surface area contributed by atoms with Crippen LogP contribution in [0.5, 0.6) is 0 Å². The fraction of sp³-hybridized carbons (Fsp3) is 0.391. The van der Waals surface area contributed by atoms with Gasteiger partial charge in [0.15, 0.2) is 0 Å². The van der Waals surface area contributed by atoms with Crippen molar-refractivity contribution in [1.82, 2.24) is 19.7 Å². The molecule has 9 heteroatoms. The molecule has 3 N–H and O–H groups in total. The Hall–Kier alpha value is -3.46. The van der Waals surface area contributed by atoms with E-state index in [1.165, 1.54) is 6.20 Å². The predicted molar refractivity (Wildman–Crippen MR) is 119 cm³/mol. The highest BCUT2D eigenvalue weighted by atomic mass is 16.5. The van der Waals surface area contributed by atoms with Gasteiger partial charge in [-0.25, -0.2) is 4.98 Å². The third-order valence-corrected chi connectivity index (χ3v) is 6.37. The second kappa shape index (κ2) is 7.90. The zero-order valence-electron chi connectivity index (χ0n) is 18.2. The molecule has 4 heterocycles. The van der Waals surface area contributed by atoms with Crippen molar-refractivity contribution in [3.05, 3.63) is 47.3 Å². The lowest BCUT2D eigenvalue weighted by Crippen LogP contribution is -2.46. The SMILES string of the molecule is CC1CCC(c2ccc3nn(C)cc3c2)N(C(=O)C(=O)Nc2cnc(N)c3c2COC3)C1. The molecule has 2 aliphatic heterocycles. The molecule has 0 spiro atoms. The predicted octanol–water partition coefficient (Wildman–Crippen LogP) is 2.52. The number of piperidine rings is 1. The van der Waals surface area contributed by atoms with Gasteiger partial charge in [0.25, 0.3) is 0 Å². The van der Waals surface area contributed by atoms with Crippen LogP contribution in [-0.4, -0.2) is 38.0 Å². The lowest BCUT2D eigenvalue weighted by molar-refractivity contribution is -0.146. The molecule has 0 bridgehead atoms. The fourth-order valence-corrected chi connectivity index (χ4v) is 4.70. The molecule has 2 amide bonds. The van der Waals surface area contributed by atoms with Crippen molar-refractivity contribution in [2.24, 2.45) is 13.0 Å². The molecule has 3 aromatic rings. The first-order chi connectivity index (χ1) is 15.4. The van der Waals surface area contributed by atoms with E-state index in [4.69, 9.17) is 10.5 Å². The van der Waals surface area contributed by atoms with Gasteiger partial charge in [0.1, 0.15) is 5.82 Å². The van der Waals surface area contributed by atoms with Gasteiger partial charge < -0.3 is 20.7 Å². The minimum atomic E-state index is -0.674. The molecule has 2 atom stereocenters. The number of fused-ring (bicyclic) bond motifs is 2. The summed E-state index contributed by atoms with van der Waals surface area (Å²) in [5.41, 5.74) is 9.85. The van der Waals surface area contributed by atoms with Gasteiger partial charge in [-0.1, -0.05) is 13.0 Å². The van der Waals surface area contributed by atoms with Crippen LogP contribution in [0.2, 0.25) is 0 Å². The van der Waals surface area contributed by atoms with Gasteiger partial charge in [-0.3, -0.25) is 14.3 Å². The largest absolute Gasteiger partial charge is 0.383 e. The van der Waals surface area contributed by atoms with E-state index in [1.54, 1.807) is 9.58 Å². The second-order valence-electron chi connectivity index (χ2n) is 8.74. The lowest BCUT2D eigenvalue weighted by atomic mass is 9.89. The number of carbonyl (C=O) groups is 2. The van der Waals surface area contributed by atoms with Gasteiger partial charge in [-0.2, -0.15) is 5.10 Å². The van der Waals surface area contributed by atoms with Crippen LogP contribution in [0.15, 0.2) is 30.6 Å².